The fraction of sp³-hybridized carbons (Fsp3) is 1.00. The van der Waals surface area contributed by atoms with E-state index in [1.54, 1.807) is 0 Å². The summed E-state index contributed by atoms with van der Waals surface area (Å²) in [6.07, 6.45) is 0.0532. The van der Waals surface area contributed by atoms with Crippen molar-refractivity contribution >= 4 is 0 Å². The molecule has 1 N–H and O–H groups in total. The van der Waals surface area contributed by atoms with Crippen LogP contribution in [0.2, 0.25) is 0 Å². The van der Waals surface area contributed by atoms with E-state index in [4.69, 9.17) is 0 Å². The van der Waals surface area contributed by atoms with Crippen LogP contribution in [-0.4, -0.2) is 19.0 Å². The summed E-state index contributed by atoms with van der Waals surface area (Å²) < 4.78 is 25.5. The summed E-state index contributed by atoms with van der Waals surface area (Å²) >= 11 is 0. The molecule has 0 aromatic carbocycles. The molecule has 13 heavy (non-hydrogen) atoms. The van der Waals surface area contributed by atoms with Gasteiger partial charge in [0, 0.05) is 6.42 Å². The molecule has 0 radical (unpaired) electrons. The van der Waals surface area contributed by atoms with Crippen LogP contribution in [0.25, 0.3) is 0 Å². The summed E-state index contributed by atoms with van der Waals surface area (Å²) in [5.74, 6) is -1.99. The van der Waals surface area contributed by atoms with Gasteiger partial charge in [-0.3, -0.25) is 0 Å². The van der Waals surface area contributed by atoms with Crippen molar-refractivity contribution in [2.24, 2.45) is 11.8 Å². The van der Waals surface area contributed by atoms with E-state index < -0.39 is 5.92 Å². The SMILES string of the molecule is CC.CC(C)C1CNCC(F)(F)C1. The van der Waals surface area contributed by atoms with Gasteiger partial charge in [-0.2, -0.15) is 0 Å². The van der Waals surface area contributed by atoms with Crippen LogP contribution in [0, 0.1) is 11.8 Å². The first-order chi connectivity index (χ1) is 6.01. The van der Waals surface area contributed by atoms with Gasteiger partial charge in [0.1, 0.15) is 0 Å². The molecule has 1 atom stereocenters. The number of hydrogen-bond donors (Lipinski definition) is 1. The molecular weight excluding hydrogens is 172 g/mol. The molecule has 0 amide bonds. The highest BCUT2D eigenvalue weighted by Gasteiger charge is 2.36. The van der Waals surface area contributed by atoms with Crippen molar-refractivity contribution in [3.63, 3.8) is 0 Å². The van der Waals surface area contributed by atoms with E-state index in [9.17, 15) is 8.78 Å². The lowest BCUT2D eigenvalue weighted by atomic mass is 9.87. The molecule has 0 aliphatic carbocycles. The zero-order valence-electron chi connectivity index (χ0n) is 9.03. The Kier molecular flexibility index (Phi) is 5.45. The summed E-state index contributed by atoms with van der Waals surface area (Å²) in [6, 6.07) is 0. The van der Waals surface area contributed by atoms with Gasteiger partial charge in [-0.15, -0.1) is 0 Å². The van der Waals surface area contributed by atoms with E-state index in [0.29, 0.717) is 5.92 Å². The maximum Gasteiger partial charge on any atom is 0.260 e. The quantitative estimate of drug-likeness (QED) is 0.675. The van der Waals surface area contributed by atoms with E-state index in [1.807, 2.05) is 27.7 Å². The van der Waals surface area contributed by atoms with Gasteiger partial charge in [0.2, 0.25) is 0 Å². The first kappa shape index (κ1) is 12.8. The van der Waals surface area contributed by atoms with Crippen LogP contribution in [0.5, 0.6) is 0 Å². The average molecular weight is 193 g/mol. The molecule has 0 bridgehead atoms. The molecule has 1 nitrogen and oxygen atoms in total. The maximum absolute atomic E-state index is 12.8. The van der Waals surface area contributed by atoms with Gasteiger partial charge in [-0.1, -0.05) is 27.7 Å². The largest absolute Gasteiger partial charge is 0.311 e. The molecule has 1 rings (SSSR count). The van der Waals surface area contributed by atoms with Crippen molar-refractivity contribution in [3.05, 3.63) is 0 Å². The molecule has 1 fully saturated rings. The molecule has 0 saturated carbocycles. The third kappa shape index (κ3) is 4.55. The lowest BCUT2D eigenvalue weighted by Crippen LogP contribution is -2.45. The smallest absolute Gasteiger partial charge is 0.260 e. The van der Waals surface area contributed by atoms with Crippen molar-refractivity contribution in [1.82, 2.24) is 5.32 Å². The zero-order valence-corrected chi connectivity index (χ0v) is 9.03. The van der Waals surface area contributed by atoms with Crippen molar-refractivity contribution in [2.45, 2.75) is 40.0 Å². The molecule has 0 spiro atoms. The fourth-order valence-electron chi connectivity index (χ4n) is 1.44. The second kappa shape index (κ2) is 5.53. The van der Waals surface area contributed by atoms with Crippen molar-refractivity contribution < 1.29 is 8.78 Å². The van der Waals surface area contributed by atoms with Crippen LogP contribution < -0.4 is 5.32 Å². The van der Waals surface area contributed by atoms with E-state index >= 15 is 0 Å². The van der Waals surface area contributed by atoms with E-state index in [-0.39, 0.29) is 18.9 Å². The molecular formula is C10H21F2N. The Bertz CT molecular complexity index is 135. The fourth-order valence-corrected chi connectivity index (χ4v) is 1.44. The highest BCUT2D eigenvalue weighted by molar-refractivity contribution is 4.82. The first-order valence-corrected chi connectivity index (χ1v) is 5.10. The monoisotopic (exact) mass is 193 g/mol. The molecule has 0 aromatic heterocycles. The number of alkyl halides is 2. The Morgan fingerprint density at radius 1 is 1.31 bits per heavy atom. The van der Waals surface area contributed by atoms with E-state index in [2.05, 4.69) is 5.32 Å². The van der Waals surface area contributed by atoms with E-state index in [1.165, 1.54) is 0 Å². The van der Waals surface area contributed by atoms with Crippen LogP contribution in [0.4, 0.5) is 8.78 Å². The number of hydrogen-bond acceptors (Lipinski definition) is 1. The van der Waals surface area contributed by atoms with Crippen LogP contribution in [0.3, 0.4) is 0 Å². The van der Waals surface area contributed by atoms with Gasteiger partial charge >= 0.3 is 0 Å². The topological polar surface area (TPSA) is 12.0 Å². The van der Waals surface area contributed by atoms with Gasteiger partial charge in [0.05, 0.1) is 6.54 Å². The highest BCUT2D eigenvalue weighted by atomic mass is 19.3. The number of halogens is 2. The highest BCUT2D eigenvalue weighted by Crippen LogP contribution is 2.29. The standard InChI is InChI=1S/C8H15F2N.C2H6/c1-6(2)7-3-8(9,10)5-11-4-7;1-2/h6-7,11H,3-5H2,1-2H3;1-2H3. The van der Waals surface area contributed by atoms with Gasteiger partial charge in [-0.05, 0) is 18.4 Å². The average Bonchev–Trinajstić information content (AvgIpc) is 2.06. The summed E-state index contributed by atoms with van der Waals surface area (Å²) in [5.41, 5.74) is 0. The van der Waals surface area contributed by atoms with Crippen molar-refractivity contribution in [2.75, 3.05) is 13.1 Å². The number of nitrogens with one attached hydrogen (secondary N) is 1. The summed E-state index contributed by atoms with van der Waals surface area (Å²) in [4.78, 5) is 0. The van der Waals surface area contributed by atoms with Crippen LogP contribution in [-0.2, 0) is 0 Å². The summed E-state index contributed by atoms with van der Waals surface area (Å²) in [7, 11) is 0. The zero-order chi connectivity index (χ0) is 10.5. The minimum Gasteiger partial charge on any atom is -0.311 e. The van der Waals surface area contributed by atoms with Crippen molar-refractivity contribution in [1.29, 1.82) is 0 Å². The second-order valence-electron chi connectivity index (χ2n) is 3.70. The van der Waals surface area contributed by atoms with Crippen molar-refractivity contribution in [3.8, 4) is 0 Å². The summed E-state index contributed by atoms with van der Waals surface area (Å²) in [5, 5.41) is 2.76. The Hall–Kier alpha value is -0.180. The molecule has 3 heteroatoms. The molecule has 0 aromatic rings. The van der Waals surface area contributed by atoms with Crippen LogP contribution in [0.1, 0.15) is 34.1 Å². The molecule has 1 saturated heterocycles. The van der Waals surface area contributed by atoms with Gasteiger partial charge in [0.25, 0.3) is 5.92 Å². The third-order valence-electron chi connectivity index (χ3n) is 2.29. The molecule has 1 aliphatic heterocycles. The predicted molar refractivity (Wildman–Crippen MR) is 52.1 cm³/mol. The predicted octanol–water partition coefficient (Wildman–Crippen LogP) is 2.91. The van der Waals surface area contributed by atoms with Gasteiger partial charge < -0.3 is 5.32 Å². The van der Waals surface area contributed by atoms with Crippen LogP contribution in [0.15, 0.2) is 0 Å². The second-order valence-corrected chi connectivity index (χ2v) is 3.70. The Morgan fingerprint density at radius 3 is 2.15 bits per heavy atom. The molecule has 1 heterocycles. The van der Waals surface area contributed by atoms with Gasteiger partial charge in [0.15, 0.2) is 0 Å². The maximum atomic E-state index is 12.8. The number of piperidine rings is 1. The van der Waals surface area contributed by atoms with E-state index in [0.717, 1.165) is 6.54 Å². The van der Waals surface area contributed by atoms with Gasteiger partial charge in [-0.25, -0.2) is 8.78 Å². The molecule has 80 valence electrons. The summed E-state index contributed by atoms with van der Waals surface area (Å²) in [6.45, 7) is 8.59. The normalized spacial score (nSPS) is 26.5. The minimum atomic E-state index is -2.48. The first-order valence-electron chi connectivity index (χ1n) is 5.10. The number of rotatable bonds is 1. The third-order valence-corrected chi connectivity index (χ3v) is 2.29. The molecule has 1 aliphatic rings. The lowest BCUT2D eigenvalue weighted by Gasteiger charge is -2.31. The molecule has 1 unspecified atom stereocenters. The lowest BCUT2D eigenvalue weighted by molar-refractivity contribution is -0.0463. The van der Waals surface area contributed by atoms with Crippen LogP contribution >= 0.6 is 0 Å². The Morgan fingerprint density at radius 2 is 1.85 bits per heavy atom. The Labute approximate surface area is 79.9 Å². The Balaban J connectivity index is 0.000000671. The minimum absolute atomic E-state index is 0.0532.